The van der Waals surface area contributed by atoms with Crippen LogP contribution in [0.2, 0.25) is 5.02 Å². The summed E-state index contributed by atoms with van der Waals surface area (Å²) in [4.78, 5) is 16.5. The van der Waals surface area contributed by atoms with Crippen molar-refractivity contribution in [3.63, 3.8) is 0 Å². The van der Waals surface area contributed by atoms with Gasteiger partial charge >= 0.3 is 0 Å². The van der Waals surface area contributed by atoms with Crippen LogP contribution < -0.4 is 15.4 Å². The number of aromatic nitrogens is 1. The average Bonchev–Trinajstić information content (AvgIpc) is 2.70. The monoisotopic (exact) mass is 395 g/mol. The molecule has 0 unspecified atom stereocenters. The minimum atomic E-state index is -0.199. The number of hydrogen-bond acceptors (Lipinski definition) is 4. The number of carbonyl (C=O) groups is 1. The first-order chi connectivity index (χ1) is 13.6. The molecule has 3 aromatic rings. The zero-order valence-electron chi connectivity index (χ0n) is 15.6. The Bertz CT molecular complexity index is 912. The second-order valence-corrected chi connectivity index (χ2v) is 6.59. The maximum Gasteiger partial charge on any atom is 0.269 e. The van der Waals surface area contributed by atoms with Gasteiger partial charge in [-0.05, 0) is 67.4 Å². The molecular weight excluding hydrogens is 374 g/mol. The third kappa shape index (κ3) is 5.72. The molecule has 0 spiro atoms. The van der Waals surface area contributed by atoms with Crippen molar-refractivity contribution in [2.75, 3.05) is 18.5 Å². The third-order valence-corrected chi connectivity index (χ3v) is 4.27. The highest BCUT2D eigenvalue weighted by Gasteiger charge is 2.07. The van der Waals surface area contributed by atoms with E-state index in [4.69, 9.17) is 16.3 Å². The fourth-order valence-electron chi connectivity index (χ4n) is 2.67. The molecule has 5 nitrogen and oxygen atoms in total. The molecule has 0 aliphatic carbocycles. The van der Waals surface area contributed by atoms with E-state index < -0.39 is 0 Å². The molecule has 2 aromatic carbocycles. The van der Waals surface area contributed by atoms with Crippen LogP contribution in [0.25, 0.3) is 0 Å². The van der Waals surface area contributed by atoms with Crippen LogP contribution in [0, 0.1) is 0 Å². The number of halogens is 1. The Morgan fingerprint density at radius 3 is 2.54 bits per heavy atom. The molecule has 0 aliphatic rings. The first kappa shape index (κ1) is 19.7. The molecule has 144 valence electrons. The summed E-state index contributed by atoms with van der Waals surface area (Å²) in [6, 6.07) is 18.8. The lowest BCUT2D eigenvalue weighted by Gasteiger charge is -2.09. The highest BCUT2D eigenvalue weighted by molar-refractivity contribution is 6.30. The van der Waals surface area contributed by atoms with Gasteiger partial charge in [0.2, 0.25) is 0 Å². The van der Waals surface area contributed by atoms with Gasteiger partial charge in [-0.1, -0.05) is 23.7 Å². The molecule has 2 N–H and O–H groups in total. The van der Waals surface area contributed by atoms with Gasteiger partial charge in [-0.2, -0.15) is 0 Å². The minimum absolute atomic E-state index is 0.199. The zero-order chi connectivity index (χ0) is 19.8. The van der Waals surface area contributed by atoms with Crippen molar-refractivity contribution in [3.05, 3.63) is 83.1 Å². The first-order valence-electron chi connectivity index (χ1n) is 9.12. The lowest BCUT2D eigenvalue weighted by molar-refractivity contribution is 0.0949. The maximum atomic E-state index is 12.2. The maximum absolute atomic E-state index is 12.2. The Balaban J connectivity index is 1.50. The van der Waals surface area contributed by atoms with Crippen LogP contribution in [0.15, 0.2) is 66.9 Å². The number of amides is 1. The molecule has 28 heavy (non-hydrogen) atoms. The molecule has 3 rings (SSSR count). The number of benzene rings is 2. The Hall–Kier alpha value is -3.05. The molecule has 0 atom stereocenters. The fourth-order valence-corrected chi connectivity index (χ4v) is 2.89. The summed E-state index contributed by atoms with van der Waals surface area (Å²) in [7, 11) is 0. The van der Waals surface area contributed by atoms with E-state index in [1.807, 2.05) is 61.5 Å². The van der Waals surface area contributed by atoms with E-state index >= 15 is 0 Å². The van der Waals surface area contributed by atoms with Crippen LogP contribution in [0.5, 0.6) is 5.75 Å². The van der Waals surface area contributed by atoms with E-state index in [1.54, 1.807) is 12.3 Å². The van der Waals surface area contributed by atoms with Gasteiger partial charge in [0.25, 0.3) is 5.91 Å². The van der Waals surface area contributed by atoms with Gasteiger partial charge in [-0.25, -0.2) is 4.98 Å². The van der Waals surface area contributed by atoms with E-state index in [9.17, 15) is 4.79 Å². The van der Waals surface area contributed by atoms with Gasteiger partial charge in [-0.3, -0.25) is 4.79 Å². The Kier molecular flexibility index (Phi) is 6.87. The summed E-state index contributed by atoms with van der Waals surface area (Å²) >= 11 is 5.97. The molecule has 1 aromatic heterocycles. The number of nitrogens with one attached hydrogen (secondary N) is 2. The second kappa shape index (κ2) is 9.76. The number of anilines is 2. The van der Waals surface area contributed by atoms with E-state index in [0.717, 1.165) is 22.7 Å². The number of rotatable bonds is 8. The van der Waals surface area contributed by atoms with Gasteiger partial charge in [-0.15, -0.1) is 0 Å². The summed E-state index contributed by atoms with van der Waals surface area (Å²) in [5.74, 6) is 0.630. The fraction of sp³-hybridized carbons (Fsp3) is 0.182. The van der Waals surface area contributed by atoms with Crippen molar-refractivity contribution in [1.29, 1.82) is 0 Å². The van der Waals surface area contributed by atoms with Crippen molar-refractivity contribution in [3.8, 4) is 5.75 Å². The second-order valence-electron chi connectivity index (χ2n) is 6.15. The van der Waals surface area contributed by atoms with Crippen LogP contribution in [0.3, 0.4) is 0 Å². The van der Waals surface area contributed by atoms with Crippen LogP contribution in [0.4, 0.5) is 11.4 Å². The highest BCUT2D eigenvalue weighted by atomic mass is 35.5. The first-order valence-corrected chi connectivity index (χ1v) is 9.50. The predicted molar refractivity (Wildman–Crippen MR) is 113 cm³/mol. The van der Waals surface area contributed by atoms with Gasteiger partial charge in [0.15, 0.2) is 0 Å². The largest absolute Gasteiger partial charge is 0.494 e. The minimum Gasteiger partial charge on any atom is -0.494 e. The number of carbonyl (C=O) groups excluding carboxylic acids is 1. The number of nitrogens with zero attached hydrogens (tertiary/aromatic N) is 1. The molecule has 0 bridgehead atoms. The third-order valence-electron chi connectivity index (χ3n) is 4.04. The normalized spacial score (nSPS) is 10.4. The molecular formula is C22H22ClN3O2. The van der Waals surface area contributed by atoms with E-state index in [1.165, 1.54) is 0 Å². The zero-order valence-corrected chi connectivity index (χ0v) is 16.4. The molecule has 6 heteroatoms. The molecule has 1 amide bonds. The predicted octanol–water partition coefficient (Wildman–Crippen LogP) is 4.85. The van der Waals surface area contributed by atoms with Gasteiger partial charge in [0, 0.05) is 17.3 Å². The van der Waals surface area contributed by atoms with Crippen molar-refractivity contribution >= 4 is 28.9 Å². The van der Waals surface area contributed by atoms with E-state index in [2.05, 4.69) is 15.6 Å². The molecule has 0 radical (unpaired) electrons. The lowest BCUT2D eigenvalue weighted by atomic mass is 10.1. The van der Waals surface area contributed by atoms with Crippen molar-refractivity contribution < 1.29 is 9.53 Å². The van der Waals surface area contributed by atoms with E-state index in [0.29, 0.717) is 30.3 Å². The average molecular weight is 396 g/mol. The van der Waals surface area contributed by atoms with Crippen LogP contribution >= 0.6 is 11.6 Å². The highest BCUT2D eigenvalue weighted by Crippen LogP contribution is 2.19. The Morgan fingerprint density at radius 2 is 1.86 bits per heavy atom. The summed E-state index contributed by atoms with van der Waals surface area (Å²) < 4.78 is 5.43. The van der Waals surface area contributed by atoms with Crippen LogP contribution in [-0.2, 0) is 6.42 Å². The SMILES string of the molecule is CCOc1ccc(Nc2ccc(C(=O)NCCc3cccc(Cl)c3)nc2)cc1. The van der Waals surface area contributed by atoms with Gasteiger partial charge in [0.05, 0.1) is 18.5 Å². The van der Waals surface area contributed by atoms with Crippen molar-refractivity contribution in [2.24, 2.45) is 0 Å². The smallest absolute Gasteiger partial charge is 0.269 e. The summed E-state index contributed by atoms with van der Waals surface area (Å²) in [6.07, 6.45) is 2.35. The molecule has 0 fully saturated rings. The van der Waals surface area contributed by atoms with Gasteiger partial charge < -0.3 is 15.4 Å². The van der Waals surface area contributed by atoms with E-state index in [-0.39, 0.29) is 5.91 Å². The molecule has 0 saturated carbocycles. The summed E-state index contributed by atoms with van der Waals surface area (Å²) in [6.45, 7) is 3.11. The Labute approximate surface area is 169 Å². The lowest BCUT2D eigenvalue weighted by Crippen LogP contribution is -2.26. The number of pyridine rings is 1. The number of ether oxygens (including phenoxy) is 1. The van der Waals surface area contributed by atoms with Gasteiger partial charge in [0.1, 0.15) is 11.4 Å². The summed E-state index contributed by atoms with van der Waals surface area (Å²) in [5, 5.41) is 6.82. The van der Waals surface area contributed by atoms with Crippen LogP contribution in [0.1, 0.15) is 23.0 Å². The van der Waals surface area contributed by atoms with Crippen molar-refractivity contribution in [1.82, 2.24) is 10.3 Å². The molecule has 1 heterocycles. The van der Waals surface area contributed by atoms with Crippen LogP contribution in [-0.4, -0.2) is 24.0 Å². The number of hydrogen-bond donors (Lipinski definition) is 2. The van der Waals surface area contributed by atoms with Crippen molar-refractivity contribution in [2.45, 2.75) is 13.3 Å². The summed E-state index contributed by atoms with van der Waals surface area (Å²) in [5.41, 5.74) is 3.18. The quantitative estimate of drug-likeness (QED) is 0.572. The topological polar surface area (TPSA) is 63.2 Å². The standard InChI is InChI=1S/C22H22ClN3O2/c1-2-28-20-9-6-18(7-10-20)26-19-8-11-21(25-15-19)22(27)24-13-12-16-4-3-5-17(23)14-16/h3-11,14-15,26H,2,12-13H2,1H3,(H,24,27). The molecule has 0 saturated heterocycles. The molecule has 0 aliphatic heterocycles. The Morgan fingerprint density at radius 1 is 1.07 bits per heavy atom.